The molecule has 1 aliphatic heterocycles. The van der Waals surface area contributed by atoms with Gasteiger partial charge in [-0.1, -0.05) is 53.4 Å². The van der Waals surface area contributed by atoms with Crippen LogP contribution in [0.15, 0.2) is 39.3 Å². The Morgan fingerprint density at radius 2 is 1.96 bits per heavy atom. The molecular weight excluding hydrogens is 398 g/mol. The molecule has 1 fully saturated rings. The van der Waals surface area contributed by atoms with Crippen molar-refractivity contribution in [3.05, 3.63) is 44.9 Å². The zero-order chi connectivity index (χ0) is 17.9. The van der Waals surface area contributed by atoms with Gasteiger partial charge in [0.2, 0.25) is 5.91 Å². The third-order valence-corrected chi connectivity index (χ3v) is 6.92. The average molecular weight is 416 g/mol. The summed E-state index contributed by atoms with van der Waals surface area (Å²) < 4.78 is 1.01. The van der Waals surface area contributed by atoms with E-state index in [4.69, 9.17) is 0 Å². The van der Waals surface area contributed by atoms with E-state index in [0.717, 1.165) is 42.1 Å². The molecule has 1 aromatic carbocycles. The zero-order valence-electron chi connectivity index (χ0n) is 13.7. The van der Waals surface area contributed by atoms with Gasteiger partial charge >= 0.3 is 0 Å². The van der Waals surface area contributed by atoms with Crippen LogP contribution in [0.25, 0.3) is 0 Å². The normalized spacial score (nSPS) is 22.2. The van der Waals surface area contributed by atoms with E-state index in [2.05, 4.69) is 33.4 Å². The molecule has 1 aliphatic carbocycles. The summed E-state index contributed by atoms with van der Waals surface area (Å²) in [5, 5.41) is 22.9. The molecule has 2 aliphatic rings. The second kappa shape index (κ2) is 7.64. The fourth-order valence-corrected chi connectivity index (χ4v) is 5.54. The molecule has 1 aromatic rings. The third kappa shape index (κ3) is 3.34. The van der Waals surface area contributed by atoms with E-state index < -0.39 is 11.3 Å². The molecule has 1 heterocycles. The third-order valence-electron chi connectivity index (χ3n) is 5.09. The van der Waals surface area contributed by atoms with Crippen LogP contribution in [-0.2, 0) is 10.5 Å². The van der Waals surface area contributed by atoms with E-state index in [1.807, 2.05) is 24.3 Å². The van der Waals surface area contributed by atoms with Crippen molar-refractivity contribution in [3.63, 3.8) is 0 Å². The van der Waals surface area contributed by atoms with Gasteiger partial charge in [0.05, 0.1) is 22.7 Å². The second-order valence-corrected chi connectivity index (χ2v) is 8.30. The SMILES string of the molecule is N#CC1=C(SCc2ccccc2Br)NC(=O)[C@@H](C#N)C12CCCCC2. The average Bonchev–Trinajstić information content (AvgIpc) is 2.62. The zero-order valence-corrected chi connectivity index (χ0v) is 16.1. The van der Waals surface area contributed by atoms with Gasteiger partial charge < -0.3 is 5.32 Å². The van der Waals surface area contributed by atoms with E-state index in [-0.39, 0.29) is 5.91 Å². The van der Waals surface area contributed by atoms with Gasteiger partial charge in [-0.2, -0.15) is 10.5 Å². The van der Waals surface area contributed by atoms with Crippen LogP contribution in [0.4, 0.5) is 0 Å². The van der Waals surface area contributed by atoms with E-state index >= 15 is 0 Å². The molecular formula is C19H18BrN3OS. The number of amides is 1. The molecule has 1 amide bonds. The van der Waals surface area contributed by atoms with Gasteiger partial charge in [0.25, 0.3) is 0 Å². The van der Waals surface area contributed by atoms with Crippen LogP contribution in [0.5, 0.6) is 0 Å². The number of nitrogens with one attached hydrogen (secondary N) is 1. The Balaban J connectivity index is 1.96. The van der Waals surface area contributed by atoms with Crippen molar-refractivity contribution in [1.29, 1.82) is 10.5 Å². The molecule has 0 unspecified atom stereocenters. The summed E-state index contributed by atoms with van der Waals surface area (Å²) in [7, 11) is 0. The van der Waals surface area contributed by atoms with Gasteiger partial charge in [-0.15, -0.1) is 11.8 Å². The van der Waals surface area contributed by atoms with Crippen LogP contribution in [0.1, 0.15) is 37.7 Å². The molecule has 128 valence electrons. The van der Waals surface area contributed by atoms with Crippen LogP contribution in [0.3, 0.4) is 0 Å². The summed E-state index contributed by atoms with van der Waals surface area (Å²) in [6.45, 7) is 0. The summed E-state index contributed by atoms with van der Waals surface area (Å²) in [5.41, 5.74) is 1.09. The summed E-state index contributed by atoms with van der Waals surface area (Å²) in [4.78, 5) is 12.5. The van der Waals surface area contributed by atoms with Crippen LogP contribution in [-0.4, -0.2) is 5.91 Å². The summed E-state index contributed by atoms with van der Waals surface area (Å²) in [6.07, 6.45) is 4.48. The molecule has 0 radical (unpaired) electrons. The molecule has 1 N–H and O–H groups in total. The molecule has 6 heteroatoms. The summed E-state index contributed by atoms with van der Waals surface area (Å²) in [6, 6.07) is 12.4. The van der Waals surface area contributed by atoms with E-state index in [1.54, 1.807) is 0 Å². The highest BCUT2D eigenvalue weighted by atomic mass is 79.9. The molecule has 1 saturated carbocycles. The van der Waals surface area contributed by atoms with Gasteiger partial charge in [0.1, 0.15) is 5.92 Å². The highest BCUT2D eigenvalue weighted by Crippen LogP contribution is 2.52. The lowest BCUT2D eigenvalue weighted by molar-refractivity contribution is -0.126. The quantitative estimate of drug-likeness (QED) is 0.779. The van der Waals surface area contributed by atoms with Gasteiger partial charge in [-0.25, -0.2) is 0 Å². The first kappa shape index (κ1) is 18.0. The van der Waals surface area contributed by atoms with Crippen molar-refractivity contribution in [2.24, 2.45) is 11.3 Å². The van der Waals surface area contributed by atoms with Crippen molar-refractivity contribution < 1.29 is 4.79 Å². The van der Waals surface area contributed by atoms with Crippen LogP contribution < -0.4 is 5.32 Å². The maximum Gasteiger partial charge on any atom is 0.243 e. The fraction of sp³-hybridized carbons (Fsp3) is 0.421. The Morgan fingerprint density at radius 1 is 1.24 bits per heavy atom. The Labute approximate surface area is 160 Å². The van der Waals surface area contributed by atoms with Gasteiger partial charge in [0, 0.05) is 15.6 Å². The number of halogens is 1. The van der Waals surface area contributed by atoms with Crippen molar-refractivity contribution in [3.8, 4) is 12.1 Å². The van der Waals surface area contributed by atoms with Crippen LogP contribution in [0.2, 0.25) is 0 Å². The number of carbonyl (C=O) groups is 1. The molecule has 25 heavy (non-hydrogen) atoms. The molecule has 1 spiro atoms. The smallest absolute Gasteiger partial charge is 0.243 e. The molecule has 4 nitrogen and oxygen atoms in total. The first-order chi connectivity index (χ1) is 12.1. The molecule has 0 aromatic heterocycles. The predicted molar refractivity (Wildman–Crippen MR) is 101 cm³/mol. The Morgan fingerprint density at radius 3 is 2.60 bits per heavy atom. The predicted octanol–water partition coefficient (Wildman–Crippen LogP) is 4.64. The standard InChI is InChI=1S/C19H18BrN3OS/c20-16-7-3-2-6-13(16)12-25-18-15(11-22)19(8-4-1-5-9-19)14(10-21)17(24)23-18/h2-3,6-7,14H,1,4-5,8-9,12H2,(H,23,24)/t14-/m1/s1. The van der Waals surface area contributed by atoms with Crippen LogP contribution >= 0.6 is 27.7 Å². The number of rotatable bonds is 3. The molecule has 3 rings (SSSR count). The Hall–Kier alpha value is -1.76. The lowest BCUT2D eigenvalue weighted by Gasteiger charge is -2.43. The number of hydrogen-bond donors (Lipinski definition) is 1. The van der Waals surface area contributed by atoms with Crippen LogP contribution in [0, 0.1) is 34.0 Å². The number of thioether (sulfide) groups is 1. The lowest BCUT2D eigenvalue weighted by atomic mass is 9.61. The maximum atomic E-state index is 12.5. The van der Waals surface area contributed by atoms with Crippen molar-refractivity contribution in [1.82, 2.24) is 5.32 Å². The molecule has 0 saturated heterocycles. The lowest BCUT2D eigenvalue weighted by Crippen LogP contribution is -2.48. The minimum absolute atomic E-state index is 0.266. The maximum absolute atomic E-state index is 12.5. The number of nitriles is 2. The first-order valence-electron chi connectivity index (χ1n) is 8.34. The summed E-state index contributed by atoms with van der Waals surface area (Å²) >= 11 is 5.00. The second-order valence-electron chi connectivity index (χ2n) is 6.46. The minimum Gasteiger partial charge on any atom is -0.319 e. The highest BCUT2D eigenvalue weighted by Gasteiger charge is 2.51. The number of allylic oxidation sites excluding steroid dienone is 1. The molecule has 1 atom stereocenters. The largest absolute Gasteiger partial charge is 0.319 e. The first-order valence-corrected chi connectivity index (χ1v) is 10.1. The van der Waals surface area contributed by atoms with Gasteiger partial charge in [-0.05, 0) is 24.5 Å². The Kier molecular flexibility index (Phi) is 5.51. The van der Waals surface area contributed by atoms with Gasteiger partial charge in [0.15, 0.2) is 0 Å². The van der Waals surface area contributed by atoms with E-state index in [1.165, 1.54) is 11.8 Å². The monoisotopic (exact) mass is 415 g/mol. The summed E-state index contributed by atoms with van der Waals surface area (Å²) in [5.74, 6) is -0.386. The number of nitrogens with zero attached hydrogens (tertiary/aromatic N) is 2. The van der Waals surface area contributed by atoms with E-state index in [0.29, 0.717) is 16.4 Å². The Bertz CT molecular complexity index is 800. The number of carbonyl (C=O) groups excluding carboxylic acids is 1. The van der Waals surface area contributed by atoms with Crippen molar-refractivity contribution >= 4 is 33.6 Å². The molecule has 0 bridgehead atoms. The van der Waals surface area contributed by atoms with Crippen molar-refractivity contribution in [2.45, 2.75) is 37.9 Å². The highest BCUT2D eigenvalue weighted by molar-refractivity contribution is 9.10. The topological polar surface area (TPSA) is 76.7 Å². The number of benzene rings is 1. The minimum atomic E-state index is -0.768. The van der Waals surface area contributed by atoms with E-state index in [9.17, 15) is 15.3 Å². The fourth-order valence-electron chi connectivity index (χ4n) is 3.81. The van der Waals surface area contributed by atoms with Gasteiger partial charge in [-0.3, -0.25) is 4.79 Å². The number of hydrogen-bond acceptors (Lipinski definition) is 4. The van der Waals surface area contributed by atoms with Crippen molar-refractivity contribution in [2.75, 3.05) is 0 Å².